The Balaban J connectivity index is 1.77. The second-order valence-corrected chi connectivity index (χ2v) is 6.33. The van der Waals surface area contributed by atoms with Crippen LogP contribution in [0.4, 0.5) is 4.39 Å². The van der Waals surface area contributed by atoms with Crippen LogP contribution in [-0.2, 0) is 0 Å². The van der Waals surface area contributed by atoms with Gasteiger partial charge in [0.1, 0.15) is 5.82 Å². The molecule has 6 heteroatoms. The molecule has 4 aromatic rings. The number of carbonyl (C=O) groups excluding carboxylic acids is 1. The summed E-state index contributed by atoms with van der Waals surface area (Å²) < 4.78 is 13.5. The Morgan fingerprint density at radius 3 is 2.43 bits per heavy atom. The second kappa shape index (κ2) is 7.44. The van der Waals surface area contributed by atoms with E-state index in [4.69, 9.17) is 0 Å². The summed E-state index contributed by atoms with van der Waals surface area (Å²) in [5.74, 6) is -0.909. The summed E-state index contributed by atoms with van der Waals surface area (Å²) in [7, 11) is 0. The molecule has 1 atom stereocenters. The second-order valence-electron chi connectivity index (χ2n) is 6.33. The first-order valence-corrected chi connectivity index (χ1v) is 8.70. The fraction of sp³-hybridized carbons (Fsp3) is 0.0455. The van der Waals surface area contributed by atoms with Crippen LogP contribution >= 0.6 is 0 Å². The standard InChI is InChI=1S/C22H16FN3O2/c23-16-6-7-17-18(13-20(27)25-19(17)12-16)22(28)26-21(14-4-2-1-3-5-14)15-8-10-24-11-9-15/h1-13,21H,(H,25,27)(H,26,28). The number of pyridine rings is 2. The van der Waals surface area contributed by atoms with E-state index in [9.17, 15) is 14.0 Å². The van der Waals surface area contributed by atoms with Gasteiger partial charge in [0, 0.05) is 23.8 Å². The number of carbonyl (C=O) groups is 1. The SMILES string of the molecule is O=C(NC(c1ccccc1)c1ccncc1)c1cc(=O)[nH]c2cc(F)ccc12. The van der Waals surface area contributed by atoms with E-state index in [2.05, 4.69) is 15.3 Å². The summed E-state index contributed by atoms with van der Waals surface area (Å²) >= 11 is 0. The number of hydrogen-bond donors (Lipinski definition) is 2. The molecule has 0 spiro atoms. The van der Waals surface area contributed by atoms with Crippen LogP contribution in [0.1, 0.15) is 27.5 Å². The van der Waals surface area contributed by atoms with E-state index in [1.807, 2.05) is 42.5 Å². The minimum absolute atomic E-state index is 0.189. The molecule has 2 heterocycles. The molecule has 2 aromatic heterocycles. The van der Waals surface area contributed by atoms with Crippen LogP contribution in [0.15, 0.2) is 83.9 Å². The molecule has 0 saturated heterocycles. The highest BCUT2D eigenvalue weighted by atomic mass is 19.1. The number of H-pyrrole nitrogens is 1. The van der Waals surface area contributed by atoms with E-state index in [0.29, 0.717) is 5.39 Å². The Kier molecular flexibility index (Phi) is 4.68. The monoisotopic (exact) mass is 373 g/mol. The molecule has 0 bridgehead atoms. The Bertz CT molecular complexity index is 1150. The minimum atomic E-state index is -0.486. The highest BCUT2D eigenvalue weighted by Crippen LogP contribution is 2.23. The first-order valence-electron chi connectivity index (χ1n) is 8.70. The predicted molar refractivity (Wildman–Crippen MR) is 105 cm³/mol. The van der Waals surface area contributed by atoms with Crippen LogP contribution < -0.4 is 10.9 Å². The summed E-state index contributed by atoms with van der Waals surface area (Å²) in [4.78, 5) is 31.6. The molecule has 0 radical (unpaired) electrons. The van der Waals surface area contributed by atoms with E-state index in [-0.39, 0.29) is 11.1 Å². The Morgan fingerprint density at radius 2 is 1.68 bits per heavy atom. The molecular weight excluding hydrogens is 357 g/mol. The summed E-state index contributed by atoms with van der Waals surface area (Å²) in [5.41, 5.74) is 1.74. The van der Waals surface area contributed by atoms with Gasteiger partial charge in [-0.1, -0.05) is 30.3 Å². The van der Waals surface area contributed by atoms with Crippen molar-refractivity contribution in [1.29, 1.82) is 0 Å². The molecule has 0 fully saturated rings. The Labute approximate surface area is 159 Å². The van der Waals surface area contributed by atoms with Crippen LogP contribution in [0.2, 0.25) is 0 Å². The Morgan fingerprint density at radius 1 is 0.964 bits per heavy atom. The van der Waals surface area contributed by atoms with Crippen molar-refractivity contribution in [1.82, 2.24) is 15.3 Å². The summed E-state index contributed by atoms with van der Waals surface area (Å²) in [6.45, 7) is 0. The lowest BCUT2D eigenvalue weighted by atomic mass is 9.99. The number of rotatable bonds is 4. The molecule has 1 unspecified atom stereocenters. The molecular formula is C22H16FN3O2. The maximum atomic E-state index is 13.5. The van der Waals surface area contributed by atoms with E-state index < -0.39 is 23.3 Å². The molecule has 28 heavy (non-hydrogen) atoms. The molecule has 138 valence electrons. The van der Waals surface area contributed by atoms with Crippen LogP contribution in [-0.4, -0.2) is 15.9 Å². The third kappa shape index (κ3) is 3.53. The van der Waals surface area contributed by atoms with Gasteiger partial charge in [0.25, 0.3) is 5.91 Å². The zero-order chi connectivity index (χ0) is 19.5. The summed E-state index contributed by atoms with van der Waals surface area (Å²) in [5, 5.41) is 3.46. The van der Waals surface area contributed by atoms with Gasteiger partial charge in [-0.2, -0.15) is 0 Å². The predicted octanol–water partition coefficient (Wildman–Crippen LogP) is 3.58. The van der Waals surface area contributed by atoms with E-state index in [0.717, 1.165) is 11.1 Å². The molecule has 2 aromatic carbocycles. The van der Waals surface area contributed by atoms with Crippen LogP contribution in [0.3, 0.4) is 0 Å². The lowest BCUT2D eigenvalue weighted by molar-refractivity contribution is 0.0944. The zero-order valence-electron chi connectivity index (χ0n) is 14.7. The number of aromatic nitrogens is 2. The first kappa shape index (κ1) is 17.6. The lowest BCUT2D eigenvalue weighted by Crippen LogP contribution is -2.30. The van der Waals surface area contributed by atoms with Crippen LogP contribution in [0.5, 0.6) is 0 Å². The lowest BCUT2D eigenvalue weighted by Gasteiger charge is -2.20. The average Bonchev–Trinajstić information content (AvgIpc) is 2.72. The van der Waals surface area contributed by atoms with Crippen LogP contribution in [0.25, 0.3) is 10.9 Å². The van der Waals surface area contributed by atoms with Gasteiger partial charge in [0.05, 0.1) is 17.1 Å². The van der Waals surface area contributed by atoms with Gasteiger partial charge >= 0.3 is 0 Å². The van der Waals surface area contributed by atoms with Crippen molar-refractivity contribution in [3.8, 4) is 0 Å². The minimum Gasteiger partial charge on any atom is -0.341 e. The average molecular weight is 373 g/mol. The van der Waals surface area contributed by atoms with Crippen molar-refractivity contribution >= 4 is 16.8 Å². The normalized spacial score (nSPS) is 11.9. The number of halogens is 1. The van der Waals surface area contributed by atoms with Gasteiger partial charge in [-0.05, 0) is 41.5 Å². The largest absolute Gasteiger partial charge is 0.341 e. The van der Waals surface area contributed by atoms with Crippen molar-refractivity contribution in [3.63, 3.8) is 0 Å². The molecule has 0 aliphatic heterocycles. The van der Waals surface area contributed by atoms with Crippen LogP contribution in [0, 0.1) is 5.82 Å². The van der Waals surface area contributed by atoms with Gasteiger partial charge in [0.2, 0.25) is 5.56 Å². The molecule has 5 nitrogen and oxygen atoms in total. The number of nitrogens with one attached hydrogen (secondary N) is 2. The fourth-order valence-electron chi connectivity index (χ4n) is 3.19. The number of amides is 1. The number of fused-ring (bicyclic) bond motifs is 1. The number of nitrogens with zero attached hydrogens (tertiary/aromatic N) is 1. The van der Waals surface area contributed by atoms with Gasteiger partial charge in [-0.3, -0.25) is 14.6 Å². The topological polar surface area (TPSA) is 74.8 Å². The van der Waals surface area contributed by atoms with Gasteiger partial charge in [0.15, 0.2) is 0 Å². The molecule has 0 aliphatic carbocycles. The summed E-state index contributed by atoms with van der Waals surface area (Å²) in [6, 6.07) is 17.9. The summed E-state index contributed by atoms with van der Waals surface area (Å²) in [6.07, 6.45) is 3.31. The van der Waals surface area contributed by atoms with Crippen molar-refractivity contribution < 1.29 is 9.18 Å². The third-order valence-electron chi connectivity index (χ3n) is 4.50. The smallest absolute Gasteiger partial charge is 0.252 e. The van der Waals surface area contributed by atoms with Crippen molar-refractivity contribution in [2.24, 2.45) is 0 Å². The number of benzene rings is 2. The van der Waals surface area contributed by atoms with Gasteiger partial charge in [-0.25, -0.2) is 4.39 Å². The first-order chi connectivity index (χ1) is 13.6. The molecule has 2 N–H and O–H groups in total. The van der Waals surface area contributed by atoms with E-state index in [1.165, 1.54) is 24.3 Å². The van der Waals surface area contributed by atoms with Gasteiger partial charge in [-0.15, -0.1) is 0 Å². The van der Waals surface area contributed by atoms with Gasteiger partial charge < -0.3 is 10.3 Å². The number of hydrogen-bond acceptors (Lipinski definition) is 3. The molecule has 1 amide bonds. The molecule has 0 aliphatic rings. The third-order valence-corrected chi connectivity index (χ3v) is 4.50. The van der Waals surface area contributed by atoms with Crippen molar-refractivity contribution in [2.45, 2.75) is 6.04 Å². The maximum Gasteiger partial charge on any atom is 0.252 e. The Hall–Kier alpha value is -3.80. The van der Waals surface area contributed by atoms with E-state index >= 15 is 0 Å². The highest BCUT2D eigenvalue weighted by molar-refractivity contribution is 6.06. The maximum absolute atomic E-state index is 13.5. The zero-order valence-corrected chi connectivity index (χ0v) is 14.7. The highest BCUT2D eigenvalue weighted by Gasteiger charge is 2.20. The fourth-order valence-corrected chi connectivity index (χ4v) is 3.19. The van der Waals surface area contributed by atoms with Crippen molar-refractivity contribution in [2.75, 3.05) is 0 Å². The van der Waals surface area contributed by atoms with Crippen molar-refractivity contribution in [3.05, 3.63) is 112 Å². The molecule has 4 rings (SSSR count). The number of aromatic amines is 1. The quantitative estimate of drug-likeness (QED) is 0.574. The van der Waals surface area contributed by atoms with E-state index in [1.54, 1.807) is 12.4 Å². The molecule has 0 saturated carbocycles.